The molecule has 1 aromatic heterocycles. The van der Waals surface area contributed by atoms with Gasteiger partial charge in [0.2, 0.25) is 0 Å². The van der Waals surface area contributed by atoms with E-state index in [4.69, 9.17) is 4.74 Å². The van der Waals surface area contributed by atoms with Gasteiger partial charge in [-0.05, 0) is 51.6 Å². The maximum Gasteiger partial charge on any atom is 0.193 e. The summed E-state index contributed by atoms with van der Waals surface area (Å²) >= 11 is 1.75. The SMILES string of the molecule is CN=C(NCC1CCN(Cc2csc(C)n2)CC1)N1CCC2(CCOC2)C1. The zero-order valence-corrected chi connectivity index (χ0v) is 17.6. The van der Waals surface area contributed by atoms with Crippen LogP contribution in [0.25, 0.3) is 0 Å². The first kappa shape index (κ1) is 19.2. The Balaban J connectivity index is 1.20. The minimum atomic E-state index is 0.386. The summed E-state index contributed by atoms with van der Waals surface area (Å²) in [5, 5.41) is 7.03. The zero-order valence-electron chi connectivity index (χ0n) is 16.7. The van der Waals surface area contributed by atoms with E-state index in [0.717, 1.165) is 51.3 Å². The van der Waals surface area contributed by atoms with Gasteiger partial charge in [-0.1, -0.05) is 0 Å². The molecule has 1 atom stereocenters. The quantitative estimate of drug-likeness (QED) is 0.631. The number of nitrogens with zero attached hydrogens (tertiary/aromatic N) is 4. The van der Waals surface area contributed by atoms with Gasteiger partial charge in [0, 0.05) is 50.6 Å². The van der Waals surface area contributed by atoms with Crippen molar-refractivity contribution < 1.29 is 4.74 Å². The molecule has 0 aliphatic carbocycles. The monoisotopic (exact) mass is 391 g/mol. The highest BCUT2D eigenvalue weighted by molar-refractivity contribution is 7.09. The Morgan fingerprint density at radius 3 is 2.89 bits per heavy atom. The summed E-state index contributed by atoms with van der Waals surface area (Å²) in [5.41, 5.74) is 1.62. The predicted molar refractivity (Wildman–Crippen MR) is 110 cm³/mol. The second kappa shape index (κ2) is 8.45. The van der Waals surface area contributed by atoms with Crippen molar-refractivity contribution in [2.45, 2.75) is 39.2 Å². The molecule has 0 saturated carbocycles. The highest BCUT2D eigenvalue weighted by Gasteiger charge is 2.42. The maximum absolute atomic E-state index is 5.66. The van der Waals surface area contributed by atoms with E-state index >= 15 is 0 Å². The number of hydrogen-bond acceptors (Lipinski definition) is 5. The van der Waals surface area contributed by atoms with E-state index in [1.165, 1.54) is 49.5 Å². The number of likely N-dealkylation sites (tertiary alicyclic amines) is 2. The highest BCUT2D eigenvalue weighted by atomic mass is 32.1. The van der Waals surface area contributed by atoms with Gasteiger partial charge in [0.1, 0.15) is 0 Å². The Labute approximate surface area is 167 Å². The number of piperidine rings is 1. The Bertz CT molecular complexity index is 647. The van der Waals surface area contributed by atoms with Gasteiger partial charge in [-0.3, -0.25) is 9.89 Å². The number of ether oxygens (including phenoxy) is 1. The third-order valence-electron chi connectivity index (χ3n) is 6.44. The molecular weight excluding hydrogens is 358 g/mol. The van der Waals surface area contributed by atoms with Crippen LogP contribution in [-0.4, -0.2) is 73.7 Å². The summed E-state index contributed by atoms with van der Waals surface area (Å²) in [7, 11) is 1.91. The summed E-state index contributed by atoms with van der Waals surface area (Å²) in [6.45, 7) is 10.5. The van der Waals surface area contributed by atoms with E-state index in [2.05, 4.69) is 37.4 Å². The molecule has 3 aliphatic heterocycles. The summed E-state index contributed by atoms with van der Waals surface area (Å²) in [5.74, 6) is 1.82. The average molecular weight is 392 g/mol. The third-order valence-corrected chi connectivity index (χ3v) is 7.27. The lowest BCUT2D eigenvalue weighted by molar-refractivity contribution is 0.156. The number of aryl methyl sites for hydroxylation is 1. The van der Waals surface area contributed by atoms with Gasteiger partial charge >= 0.3 is 0 Å². The molecule has 0 amide bonds. The van der Waals surface area contributed by atoms with Gasteiger partial charge in [0.15, 0.2) is 5.96 Å². The largest absolute Gasteiger partial charge is 0.381 e. The van der Waals surface area contributed by atoms with Gasteiger partial charge < -0.3 is 15.0 Å². The number of rotatable bonds is 4. The standard InChI is InChI=1S/C20H33N5OS/c1-16-23-18(13-27-16)12-24-7-3-17(4-8-24)11-22-19(21-2)25-9-5-20(14-25)6-10-26-15-20/h13,17H,3-12,14-15H2,1-2H3,(H,21,22). The van der Waals surface area contributed by atoms with Crippen LogP contribution in [0, 0.1) is 18.3 Å². The molecule has 0 aromatic carbocycles. The molecule has 0 radical (unpaired) electrons. The fourth-order valence-electron chi connectivity index (χ4n) is 4.71. The van der Waals surface area contributed by atoms with Crippen LogP contribution >= 0.6 is 11.3 Å². The lowest BCUT2D eigenvalue weighted by Crippen LogP contribution is -2.44. The van der Waals surface area contributed by atoms with Crippen molar-refractivity contribution in [3.8, 4) is 0 Å². The minimum absolute atomic E-state index is 0.386. The molecule has 4 heterocycles. The molecule has 0 bridgehead atoms. The number of thiazole rings is 1. The lowest BCUT2D eigenvalue weighted by Gasteiger charge is -2.32. The van der Waals surface area contributed by atoms with E-state index < -0.39 is 0 Å². The van der Waals surface area contributed by atoms with Crippen LogP contribution in [0.3, 0.4) is 0 Å². The summed E-state index contributed by atoms with van der Waals surface area (Å²) in [4.78, 5) is 14.1. The van der Waals surface area contributed by atoms with Gasteiger partial charge in [0.05, 0.1) is 17.3 Å². The van der Waals surface area contributed by atoms with Crippen LogP contribution in [0.5, 0.6) is 0 Å². The molecule has 1 aromatic rings. The predicted octanol–water partition coefficient (Wildman–Crippen LogP) is 2.35. The first-order chi connectivity index (χ1) is 13.2. The van der Waals surface area contributed by atoms with Crippen molar-refractivity contribution in [2.75, 3.05) is 53.0 Å². The number of aromatic nitrogens is 1. The number of aliphatic imine (C=N–C) groups is 1. The molecule has 3 fully saturated rings. The van der Waals surface area contributed by atoms with Gasteiger partial charge in [-0.15, -0.1) is 11.3 Å². The van der Waals surface area contributed by atoms with Crippen molar-refractivity contribution >= 4 is 17.3 Å². The van der Waals surface area contributed by atoms with Crippen LogP contribution in [-0.2, 0) is 11.3 Å². The molecule has 3 saturated heterocycles. The first-order valence-electron chi connectivity index (χ1n) is 10.3. The molecule has 27 heavy (non-hydrogen) atoms. The van der Waals surface area contributed by atoms with Gasteiger partial charge in [-0.2, -0.15) is 0 Å². The van der Waals surface area contributed by atoms with Crippen molar-refractivity contribution in [3.05, 3.63) is 16.1 Å². The molecule has 150 valence electrons. The molecule has 1 unspecified atom stereocenters. The van der Waals surface area contributed by atoms with Crippen LogP contribution in [0.1, 0.15) is 36.4 Å². The molecule has 1 N–H and O–H groups in total. The summed E-state index contributed by atoms with van der Waals surface area (Å²) in [6.07, 6.45) is 4.95. The minimum Gasteiger partial charge on any atom is -0.381 e. The second-order valence-electron chi connectivity index (χ2n) is 8.48. The molecule has 1 spiro atoms. The highest BCUT2D eigenvalue weighted by Crippen LogP contribution is 2.38. The molecule has 6 nitrogen and oxygen atoms in total. The number of nitrogens with one attached hydrogen (secondary N) is 1. The zero-order chi connectivity index (χ0) is 18.7. The Hall–Kier alpha value is -1.18. The molecule has 7 heteroatoms. The lowest BCUT2D eigenvalue weighted by atomic mass is 9.87. The fourth-order valence-corrected chi connectivity index (χ4v) is 5.32. The van der Waals surface area contributed by atoms with Crippen LogP contribution in [0.15, 0.2) is 10.4 Å². The Kier molecular flexibility index (Phi) is 5.99. The molecule has 3 aliphatic rings. The van der Waals surface area contributed by atoms with Crippen LogP contribution < -0.4 is 5.32 Å². The van der Waals surface area contributed by atoms with E-state index in [1.54, 1.807) is 11.3 Å². The Morgan fingerprint density at radius 1 is 1.37 bits per heavy atom. The van der Waals surface area contributed by atoms with E-state index in [9.17, 15) is 0 Å². The van der Waals surface area contributed by atoms with Crippen molar-refractivity contribution in [1.29, 1.82) is 0 Å². The van der Waals surface area contributed by atoms with E-state index in [0.29, 0.717) is 5.41 Å². The summed E-state index contributed by atoms with van der Waals surface area (Å²) < 4.78 is 5.66. The van der Waals surface area contributed by atoms with Gasteiger partial charge in [0.25, 0.3) is 0 Å². The Morgan fingerprint density at radius 2 is 2.22 bits per heavy atom. The molecule has 4 rings (SSSR count). The van der Waals surface area contributed by atoms with Crippen molar-refractivity contribution in [3.63, 3.8) is 0 Å². The smallest absolute Gasteiger partial charge is 0.193 e. The topological polar surface area (TPSA) is 53.0 Å². The van der Waals surface area contributed by atoms with Crippen LogP contribution in [0.4, 0.5) is 0 Å². The molecular formula is C20H33N5OS. The van der Waals surface area contributed by atoms with Crippen molar-refractivity contribution in [2.24, 2.45) is 16.3 Å². The summed E-state index contributed by atoms with van der Waals surface area (Å²) in [6, 6.07) is 0. The average Bonchev–Trinajstić information content (AvgIpc) is 3.41. The van der Waals surface area contributed by atoms with E-state index in [-0.39, 0.29) is 0 Å². The fraction of sp³-hybridized carbons (Fsp3) is 0.800. The second-order valence-corrected chi connectivity index (χ2v) is 9.54. The maximum atomic E-state index is 5.66. The van der Waals surface area contributed by atoms with Crippen LogP contribution in [0.2, 0.25) is 0 Å². The van der Waals surface area contributed by atoms with E-state index in [1.807, 2.05) is 7.05 Å². The third kappa shape index (κ3) is 4.63. The van der Waals surface area contributed by atoms with Gasteiger partial charge in [-0.25, -0.2) is 4.98 Å². The number of hydrogen-bond donors (Lipinski definition) is 1. The van der Waals surface area contributed by atoms with Crippen molar-refractivity contribution in [1.82, 2.24) is 20.1 Å². The normalized spacial score (nSPS) is 27.8. The first-order valence-corrected chi connectivity index (χ1v) is 11.2. The number of guanidine groups is 1.